The Morgan fingerprint density at radius 1 is 1.17 bits per heavy atom. The Hall–Kier alpha value is -2.68. The molecule has 0 unspecified atom stereocenters. The third-order valence-corrected chi connectivity index (χ3v) is 2.63. The number of nitrogens with two attached hydrogens (primary N) is 1. The van der Waals surface area contributed by atoms with Gasteiger partial charge >= 0.3 is 6.09 Å². The molecule has 124 valence electrons. The van der Waals surface area contributed by atoms with Gasteiger partial charge in [0.05, 0.1) is 0 Å². The Balaban J connectivity index is 2.48. The van der Waals surface area contributed by atoms with Crippen molar-refractivity contribution in [3.63, 3.8) is 0 Å². The second-order valence-corrected chi connectivity index (χ2v) is 6.04. The fourth-order valence-electron chi connectivity index (χ4n) is 1.83. The van der Waals surface area contributed by atoms with Gasteiger partial charge in [0, 0.05) is 30.3 Å². The van der Waals surface area contributed by atoms with E-state index in [0.717, 1.165) is 5.56 Å². The molecular weight excluding hydrogens is 294 g/mol. The van der Waals surface area contributed by atoms with E-state index in [-0.39, 0.29) is 12.5 Å². The summed E-state index contributed by atoms with van der Waals surface area (Å²) in [5.74, 6) is 2.49. The molecule has 6 nitrogen and oxygen atoms in total. The molecule has 0 aliphatic rings. The zero-order valence-corrected chi connectivity index (χ0v) is 13.9. The summed E-state index contributed by atoms with van der Waals surface area (Å²) in [5.41, 5.74) is 6.75. The molecule has 1 aromatic rings. The Kier molecular flexibility index (Phi) is 6.46. The smallest absolute Gasteiger partial charge is 0.407 e. The van der Waals surface area contributed by atoms with E-state index >= 15 is 0 Å². The van der Waals surface area contributed by atoms with Crippen molar-refractivity contribution < 1.29 is 14.3 Å². The predicted octanol–water partition coefficient (Wildman–Crippen LogP) is 1.52. The molecule has 1 aromatic carbocycles. The zero-order chi connectivity index (χ0) is 17.5. The SMILES string of the molecule is Cc1cc(C#CN)cc(C(=O)NCCNC(=O)OC(C)(C)C)c1. The number of ether oxygens (including phenoxy) is 1. The van der Waals surface area contributed by atoms with Gasteiger partial charge in [-0.3, -0.25) is 4.79 Å². The van der Waals surface area contributed by atoms with Crippen LogP contribution >= 0.6 is 0 Å². The number of amides is 2. The van der Waals surface area contributed by atoms with Crippen molar-refractivity contribution in [1.29, 1.82) is 0 Å². The van der Waals surface area contributed by atoms with Gasteiger partial charge in [-0.2, -0.15) is 0 Å². The Morgan fingerprint density at radius 2 is 1.83 bits per heavy atom. The van der Waals surface area contributed by atoms with E-state index in [0.29, 0.717) is 17.7 Å². The van der Waals surface area contributed by atoms with Crippen molar-refractivity contribution in [2.24, 2.45) is 5.73 Å². The molecule has 2 amide bonds. The fourth-order valence-corrected chi connectivity index (χ4v) is 1.83. The van der Waals surface area contributed by atoms with E-state index in [1.165, 1.54) is 0 Å². The average Bonchev–Trinajstić information content (AvgIpc) is 2.41. The molecule has 0 radical (unpaired) electrons. The molecule has 6 heteroatoms. The summed E-state index contributed by atoms with van der Waals surface area (Å²) >= 11 is 0. The third-order valence-electron chi connectivity index (χ3n) is 2.63. The lowest BCUT2D eigenvalue weighted by Crippen LogP contribution is -2.37. The molecule has 0 aliphatic carbocycles. The van der Waals surface area contributed by atoms with Gasteiger partial charge in [0.2, 0.25) is 0 Å². The van der Waals surface area contributed by atoms with Crippen LogP contribution in [0.4, 0.5) is 4.79 Å². The van der Waals surface area contributed by atoms with E-state index in [1.54, 1.807) is 32.9 Å². The summed E-state index contributed by atoms with van der Waals surface area (Å²) in [4.78, 5) is 23.6. The standard InChI is InChI=1S/C17H23N3O3/c1-12-9-13(5-6-18)11-14(10-12)15(21)19-7-8-20-16(22)23-17(2,3)4/h9-11H,7-8,18H2,1-4H3,(H,19,21)(H,20,22). The summed E-state index contributed by atoms with van der Waals surface area (Å²) in [6.45, 7) is 7.81. The van der Waals surface area contributed by atoms with E-state index in [2.05, 4.69) is 22.6 Å². The molecule has 1 rings (SSSR count). The van der Waals surface area contributed by atoms with Crippen LogP contribution in [0.3, 0.4) is 0 Å². The number of alkyl carbamates (subject to hydrolysis) is 1. The molecular formula is C17H23N3O3. The van der Waals surface area contributed by atoms with Crippen molar-refractivity contribution in [3.8, 4) is 12.0 Å². The number of carbonyl (C=O) groups excluding carboxylic acids is 2. The second-order valence-electron chi connectivity index (χ2n) is 6.04. The van der Waals surface area contributed by atoms with Crippen molar-refractivity contribution >= 4 is 12.0 Å². The normalized spacial score (nSPS) is 10.3. The third kappa shape index (κ3) is 7.23. The summed E-state index contributed by atoms with van der Waals surface area (Å²) in [7, 11) is 0. The first-order valence-corrected chi connectivity index (χ1v) is 7.29. The van der Waals surface area contributed by atoms with Gasteiger partial charge in [-0.25, -0.2) is 4.79 Å². The molecule has 0 heterocycles. The van der Waals surface area contributed by atoms with Crippen molar-refractivity contribution in [2.45, 2.75) is 33.3 Å². The minimum absolute atomic E-state index is 0.236. The monoisotopic (exact) mass is 317 g/mol. The minimum Gasteiger partial charge on any atom is -0.444 e. The molecule has 0 aromatic heterocycles. The highest BCUT2D eigenvalue weighted by atomic mass is 16.6. The van der Waals surface area contributed by atoms with Crippen molar-refractivity contribution in [2.75, 3.05) is 13.1 Å². The van der Waals surface area contributed by atoms with Gasteiger partial charge in [0.25, 0.3) is 5.91 Å². The molecule has 0 spiro atoms. The number of nitrogens with one attached hydrogen (secondary N) is 2. The Labute approximate surface area is 136 Å². The zero-order valence-electron chi connectivity index (χ0n) is 13.9. The van der Waals surface area contributed by atoms with Crippen LogP contribution in [0.15, 0.2) is 18.2 Å². The molecule has 0 fully saturated rings. The summed E-state index contributed by atoms with van der Waals surface area (Å²) < 4.78 is 5.10. The van der Waals surface area contributed by atoms with Gasteiger partial charge < -0.3 is 21.1 Å². The molecule has 4 N–H and O–H groups in total. The summed E-state index contributed by atoms with van der Waals surface area (Å²) in [6, 6.07) is 7.60. The van der Waals surface area contributed by atoms with Gasteiger partial charge in [0.15, 0.2) is 0 Å². The second kappa shape index (κ2) is 8.08. The molecule has 23 heavy (non-hydrogen) atoms. The van der Waals surface area contributed by atoms with Crippen LogP contribution in [0.5, 0.6) is 0 Å². The Bertz CT molecular complexity index is 637. The van der Waals surface area contributed by atoms with Crippen LogP contribution < -0.4 is 16.4 Å². The van der Waals surface area contributed by atoms with Crippen LogP contribution in [0.25, 0.3) is 0 Å². The van der Waals surface area contributed by atoms with Crippen molar-refractivity contribution in [1.82, 2.24) is 10.6 Å². The first-order chi connectivity index (χ1) is 10.7. The lowest BCUT2D eigenvalue weighted by Gasteiger charge is -2.19. The molecule has 0 bridgehead atoms. The molecule has 0 atom stereocenters. The number of hydrogen-bond acceptors (Lipinski definition) is 4. The van der Waals surface area contributed by atoms with E-state index in [1.807, 2.05) is 13.0 Å². The van der Waals surface area contributed by atoms with Gasteiger partial charge in [-0.1, -0.05) is 0 Å². The van der Waals surface area contributed by atoms with Crippen LogP contribution in [0.2, 0.25) is 0 Å². The molecule has 0 saturated carbocycles. The number of rotatable bonds is 4. The van der Waals surface area contributed by atoms with E-state index in [9.17, 15) is 9.59 Å². The lowest BCUT2D eigenvalue weighted by molar-refractivity contribution is 0.0526. The van der Waals surface area contributed by atoms with Gasteiger partial charge in [-0.15, -0.1) is 0 Å². The minimum atomic E-state index is -0.546. The maximum atomic E-state index is 12.1. The first kappa shape index (κ1) is 18.4. The molecule has 0 aliphatic heterocycles. The topological polar surface area (TPSA) is 93.5 Å². The first-order valence-electron chi connectivity index (χ1n) is 7.29. The summed E-state index contributed by atoms with van der Waals surface area (Å²) in [6.07, 6.45) is -0.511. The fraction of sp³-hybridized carbons (Fsp3) is 0.412. The molecule has 0 saturated heterocycles. The number of hydrogen-bond donors (Lipinski definition) is 3. The maximum Gasteiger partial charge on any atom is 0.407 e. The maximum absolute atomic E-state index is 12.1. The number of aryl methyl sites for hydroxylation is 1. The van der Waals surface area contributed by atoms with E-state index < -0.39 is 11.7 Å². The van der Waals surface area contributed by atoms with Crippen LogP contribution in [0, 0.1) is 18.9 Å². The predicted molar refractivity (Wildman–Crippen MR) is 88.8 cm³/mol. The number of carbonyl (C=O) groups is 2. The summed E-state index contributed by atoms with van der Waals surface area (Å²) in [5, 5.41) is 5.30. The largest absolute Gasteiger partial charge is 0.444 e. The van der Waals surface area contributed by atoms with Crippen LogP contribution in [-0.2, 0) is 4.74 Å². The quantitative estimate of drug-likeness (QED) is 0.446. The Morgan fingerprint density at radius 3 is 2.43 bits per heavy atom. The van der Waals surface area contributed by atoms with Crippen LogP contribution in [-0.4, -0.2) is 30.7 Å². The van der Waals surface area contributed by atoms with E-state index in [4.69, 9.17) is 10.5 Å². The lowest BCUT2D eigenvalue weighted by atomic mass is 10.1. The van der Waals surface area contributed by atoms with Crippen molar-refractivity contribution in [3.05, 3.63) is 34.9 Å². The highest BCUT2D eigenvalue weighted by Gasteiger charge is 2.15. The average molecular weight is 317 g/mol. The van der Waals surface area contributed by atoms with Crippen LogP contribution in [0.1, 0.15) is 42.3 Å². The number of benzene rings is 1. The highest BCUT2D eigenvalue weighted by Crippen LogP contribution is 2.09. The van der Waals surface area contributed by atoms with Gasteiger partial charge in [-0.05, 0) is 57.4 Å². The van der Waals surface area contributed by atoms with Gasteiger partial charge in [0.1, 0.15) is 5.60 Å². The highest BCUT2D eigenvalue weighted by molar-refractivity contribution is 5.94.